The van der Waals surface area contributed by atoms with Crippen LogP contribution in [0, 0.1) is 3.57 Å². The Morgan fingerprint density at radius 3 is 2.50 bits per heavy atom. The second-order valence-corrected chi connectivity index (χ2v) is 5.23. The van der Waals surface area contributed by atoms with Crippen molar-refractivity contribution < 1.29 is 9.84 Å². The number of aliphatic hydroxyl groups is 1. The lowest BCUT2D eigenvalue weighted by Crippen LogP contribution is -2.02. The molecule has 1 aromatic heterocycles. The standard InChI is InChI=1S/C14H14INO2/c1-18-14-7-4-11(9-16-14)13(17)8-10-2-5-12(15)6-3-10/h2-7,9,13,17H,8H2,1H3. The van der Waals surface area contributed by atoms with Crippen LogP contribution in [0.4, 0.5) is 0 Å². The summed E-state index contributed by atoms with van der Waals surface area (Å²) in [4.78, 5) is 4.09. The van der Waals surface area contributed by atoms with Crippen LogP contribution in [0.25, 0.3) is 0 Å². The third-order valence-electron chi connectivity index (χ3n) is 2.70. The van der Waals surface area contributed by atoms with Crippen molar-refractivity contribution in [1.29, 1.82) is 0 Å². The average molecular weight is 355 g/mol. The molecular formula is C14H14INO2. The highest BCUT2D eigenvalue weighted by Gasteiger charge is 2.09. The van der Waals surface area contributed by atoms with Crippen LogP contribution in [-0.2, 0) is 6.42 Å². The zero-order chi connectivity index (χ0) is 13.0. The minimum absolute atomic E-state index is 0.538. The lowest BCUT2D eigenvalue weighted by atomic mass is 10.0. The van der Waals surface area contributed by atoms with Gasteiger partial charge in [-0.15, -0.1) is 0 Å². The van der Waals surface area contributed by atoms with E-state index in [9.17, 15) is 5.11 Å². The zero-order valence-electron chi connectivity index (χ0n) is 10.0. The maximum atomic E-state index is 10.1. The Hall–Kier alpha value is -1.14. The van der Waals surface area contributed by atoms with Crippen molar-refractivity contribution in [3.05, 3.63) is 57.3 Å². The fourth-order valence-corrected chi connectivity index (χ4v) is 2.03. The fraction of sp³-hybridized carbons (Fsp3) is 0.214. The SMILES string of the molecule is COc1ccc(C(O)Cc2ccc(I)cc2)cn1. The molecule has 18 heavy (non-hydrogen) atoms. The molecule has 1 N–H and O–H groups in total. The van der Waals surface area contributed by atoms with Crippen LogP contribution in [0.2, 0.25) is 0 Å². The van der Waals surface area contributed by atoms with E-state index < -0.39 is 6.10 Å². The quantitative estimate of drug-likeness (QED) is 0.858. The molecule has 0 fully saturated rings. The maximum Gasteiger partial charge on any atom is 0.212 e. The maximum absolute atomic E-state index is 10.1. The molecule has 2 rings (SSSR count). The molecule has 0 saturated heterocycles. The molecule has 0 aliphatic rings. The molecule has 2 aromatic rings. The molecule has 0 amide bonds. The minimum atomic E-state index is -0.538. The molecular weight excluding hydrogens is 341 g/mol. The van der Waals surface area contributed by atoms with Crippen molar-refractivity contribution in [2.45, 2.75) is 12.5 Å². The molecule has 0 spiro atoms. The number of benzene rings is 1. The van der Waals surface area contributed by atoms with Gasteiger partial charge in [-0.1, -0.05) is 12.1 Å². The lowest BCUT2D eigenvalue weighted by Gasteiger charge is -2.11. The lowest BCUT2D eigenvalue weighted by molar-refractivity contribution is 0.178. The van der Waals surface area contributed by atoms with Crippen molar-refractivity contribution in [2.75, 3.05) is 7.11 Å². The van der Waals surface area contributed by atoms with Gasteiger partial charge >= 0.3 is 0 Å². The Kier molecular flexibility index (Phi) is 4.54. The van der Waals surface area contributed by atoms with Gasteiger partial charge in [0, 0.05) is 22.3 Å². The third kappa shape index (κ3) is 3.43. The number of halogens is 1. The number of hydrogen-bond acceptors (Lipinski definition) is 3. The van der Waals surface area contributed by atoms with Gasteiger partial charge in [-0.3, -0.25) is 0 Å². The summed E-state index contributed by atoms with van der Waals surface area (Å²) in [5.41, 5.74) is 1.91. The van der Waals surface area contributed by atoms with Crippen molar-refractivity contribution in [3.63, 3.8) is 0 Å². The van der Waals surface area contributed by atoms with E-state index >= 15 is 0 Å². The van der Waals surface area contributed by atoms with Crippen molar-refractivity contribution in [2.24, 2.45) is 0 Å². The first-order chi connectivity index (χ1) is 8.69. The highest BCUT2D eigenvalue weighted by molar-refractivity contribution is 14.1. The largest absolute Gasteiger partial charge is 0.481 e. The van der Waals surface area contributed by atoms with Crippen molar-refractivity contribution in [3.8, 4) is 5.88 Å². The summed E-state index contributed by atoms with van der Waals surface area (Å²) >= 11 is 2.26. The number of pyridine rings is 1. The number of nitrogens with zero attached hydrogens (tertiary/aromatic N) is 1. The summed E-state index contributed by atoms with van der Waals surface area (Å²) in [6.07, 6.45) is 1.70. The van der Waals surface area contributed by atoms with Gasteiger partial charge in [0.15, 0.2) is 0 Å². The van der Waals surface area contributed by atoms with Gasteiger partial charge in [-0.2, -0.15) is 0 Å². The molecule has 1 atom stereocenters. The van der Waals surface area contributed by atoms with Crippen LogP contribution in [0.5, 0.6) is 5.88 Å². The number of aliphatic hydroxyl groups excluding tert-OH is 1. The Balaban J connectivity index is 2.06. The van der Waals surface area contributed by atoms with Crippen LogP contribution >= 0.6 is 22.6 Å². The molecule has 0 aliphatic heterocycles. The van der Waals surface area contributed by atoms with E-state index in [2.05, 4.69) is 27.6 Å². The van der Waals surface area contributed by atoms with Crippen LogP contribution < -0.4 is 4.74 Å². The Morgan fingerprint density at radius 1 is 1.22 bits per heavy atom. The first-order valence-corrected chi connectivity index (χ1v) is 6.69. The summed E-state index contributed by atoms with van der Waals surface area (Å²) < 4.78 is 6.18. The van der Waals surface area contributed by atoms with E-state index in [4.69, 9.17) is 4.74 Å². The normalized spacial score (nSPS) is 12.2. The topological polar surface area (TPSA) is 42.4 Å². The van der Waals surface area contributed by atoms with Crippen molar-refractivity contribution >= 4 is 22.6 Å². The molecule has 1 aromatic carbocycles. The van der Waals surface area contributed by atoms with Gasteiger partial charge in [0.1, 0.15) is 0 Å². The summed E-state index contributed by atoms with van der Waals surface area (Å²) in [7, 11) is 1.57. The molecule has 4 heteroatoms. The van der Waals surface area contributed by atoms with Gasteiger partial charge in [-0.05, 0) is 51.9 Å². The monoisotopic (exact) mass is 355 g/mol. The number of hydrogen-bond donors (Lipinski definition) is 1. The minimum Gasteiger partial charge on any atom is -0.481 e. The first-order valence-electron chi connectivity index (χ1n) is 5.61. The van der Waals surface area contributed by atoms with Crippen LogP contribution in [0.15, 0.2) is 42.6 Å². The highest BCUT2D eigenvalue weighted by atomic mass is 127. The molecule has 0 bridgehead atoms. The van der Waals surface area contributed by atoms with E-state index in [1.807, 2.05) is 30.3 Å². The van der Waals surface area contributed by atoms with Gasteiger partial charge < -0.3 is 9.84 Å². The average Bonchev–Trinajstić information content (AvgIpc) is 2.41. The third-order valence-corrected chi connectivity index (χ3v) is 3.41. The van der Waals surface area contributed by atoms with Gasteiger partial charge in [0.2, 0.25) is 5.88 Å². The number of ether oxygens (including phenoxy) is 1. The second-order valence-electron chi connectivity index (χ2n) is 3.98. The number of rotatable bonds is 4. The van der Waals surface area contributed by atoms with E-state index in [0.29, 0.717) is 12.3 Å². The number of aromatic nitrogens is 1. The number of methoxy groups -OCH3 is 1. The van der Waals surface area contributed by atoms with Crippen LogP contribution in [-0.4, -0.2) is 17.2 Å². The van der Waals surface area contributed by atoms with Crippen LogP contribution in [0.3, 0.4) is 0 Å². The smallest absolute Gasteiger partial charge is 0.212 e. The van der Waals surface area contributed by atoms with Gasteiger partial charge in [0.05, 0.1) is 13.2 Å². The Bertz CT molecular complexity index is 496. The summed E-state index contributed by atoms with van der Waals surface area (Å²) in [6, 6.07) is 11.7. The summed E-state index contributed by atoms with van der Waals surface area (Å²) in [6.45, 7) is 0. The Morgan fingerprint density at radius 2 is 1.94 bits per heavy atom. The van der Waals surface area contributed by atoms with E-state index in [1.54, 1.807) is 19.4 Å². The molecule has 94 valence electrons. The molecule has 0 saturated carbocycles. The van der Waals surface area contributed by atoms with Crippen molar-refractivity contribution in [1.82, 2.24) is 4.98 Å². The molecule has 3 nitrogen and oxygen atoms in total. The molecule has 0 radical (unpaired) electrons. The van der Waals surface area contributed by atoms with E-state index in [-0.39, 0.29) is 0 Å². The molecule has 1 unspecified atom stereocenters. The fourth-order valence-electron chi connectivity index (χ4n) is 1.67. The molecule has 1 heterocycles. The van der Waals surface area contributed by atoms with E-state index in [0.717, 1.165) is 11.1 Å². The van der Waals surface area contributed by atoms with E-state index in [1.165, 1.54) is 3.57 Å². The predicted octanol–water partition coefficient (Wildman–Crippen LogP) is 2.97. The summed E-state index contributed by atoms with van der Waals surface area (Å²) in [5.74, 6) is 0.556. The Labute approximate surface area is 120 Å². The second kappa shape index (κ2) is 6.15. The molecule has 0 aliphatic carbocycles. The highest BCUT2D eigenvalue weighted by Crippen LogP contribution is 2.19. The zero-order valence-corrected chi connectivity index (χ0v) is 12.2. The first kappa shape index (κ1) is 13.3. The predicted molar refractivity (Wildman–Crippen MR) is 78.6 cm³/mol. The summed E-state index contributed by atoms with van der Waals surface area (Å²) in [5, 5.41) is 10.1. The van der Waals surface area contributed by atoms with Gasteiger partial charge in [-0.25, -0.2) is 4.98 Å². The van der Waals surface area contributed by atoms with Crippen LogP contribution in [0.1, 0.15) is 17.2 Å². The van der Waals surface area contributed by atoms with Gasteiger partial charge in [0.25, 0.3) is 0 Å².